The zero-order valence-corrected chi connectivity index (χ0v) is 13.1. The summed E-state index contributed by atoms with van der Waals surface area (Å²) in [5.41, 5.74) is 2.74. The number of nitrogens with zero attached hydrogens (tertiary/aromatic N) is 2. The minimum Gasteiger partial charge on any atom is -0.354 e. The van der Waals surface area contributed by atoms with Crippen LogP contribution in [0.2, 0.25) is 0 Å². The van der Waals surface area contributed by atoms with Gasteiger partial charge < -0.3 is 10.6 Å². The smallest absolute Gasteiger partial charge is 0.252 e. The van der Waals surface area contributed by atoms with Crippen molar-refractivity contribution in [3.63, 3.8) is 0 Å². The largest absolute Gasteiger partial charge is 0.354 e. The quantitative estimate of drug-likeness (QED) is 0.803. The summed E-state index contributed by atoms with van der Waals surface area (Å²) < 4.78 is 1.77. The Labute approximate surface area is 134 Å². The van der Waals surface area contributed by atoms with Gasteiger partial charge in [0, 0.05) is 31.8 Å². The fourth-order valence-corrected chi connectivity index (χ4v) is 2.81. The van der Waals surface area contributed by atoms with Crippen molar-refractivity contribution in [2.75, 3.05) is 6.54 Å². The molecule has 1 aromatic heterocycles. The number of fused-ring (bicyclic) bond motifs is 1. The van der Waals surface area contributed by atoms with Crippen LogP contribution in [0, 0.1) is 0 Å². The van der Waals surface area contributed by atoms with Gasteiger partial charge in [0.1, 0.15) is 6.04 Å². The second-order valence-electron chi connectivity index (χ2n) is 5.80. The number of benzene rings is 1. The van der Waals surface area contributed by atoms with E-state index in [9.17, 15) is 9.59 Å². The third-order valence-electron chi connectivity index (χ3n) is 4.01. The summed E-state index contributed by atoms with van der Waals surface area (Å²) >= 11 is 0. The zero-order valence-electron chi connectivity index (χ0n) is 13.1. The van der Waals surface area contributed by atoms with E-state index in [-0.39, 0.29) is 11.8 Å². The number of amides is 2. The molecule has 1 aliphatic rings. The van der Waals surface area contributed by atoms with Gasteiger partial charge in [0.15, 0.2) is 0 Å². The van der Waals surface area contributed by atoms with E-state index >= 15 is 0 Å². The number of nitrogens with one attached hydrogen (secondary N) is 2. The minimum atomic E-state index is -0.490. The molecule has 0 saturated carbocycles. The van der Waals surface area contributed by atoms with Gasteiger partial charge in [0.25, 0.3) is 5.91 Å². The Morgan fingerprint density at radius 3 is 3.04 bits per heavy atom. The number of carbonyl (C=O) groups excluding carboxylic acids is 2. The van der Waals surface area contributed by atoms with E-state index in [1.54, 1.807) is 10.7 Å². The molecule has 6 heteroatoms. The van der Waals surface area contributed by atoms with Crippen molar-refractivity contribution >= 4 is 11.8 Å². The van der Waals surface area contributed by atoms with Crippen LogP contribution in [-0.2, 0) is 24.7 Å². The molecule has 0 bridgehead atoms. The normalized spacial score (nSPS) is 16.6. The van der Waals surface area contributed by atoms with E-state index in [2.05, 4.69) is 15.7 Å². The Hall–Kier alpha value is -2.63. The first-order valence-electron chi connectivity index (χ1n) is 7.77. The molecule has 120 valence electrons. The lowest BCUT2D eigenvalue weighted by Gasteiger charge is -2.24. The minimum absolute atomic E-state index is 0.126. The summed E-state index contributed by atoms with van der Waals surface area (Å²) in [6.07, 6.45) is 6.05. The highest BCUT2D eigenvalue weighted by atomic mass is 16.2. The Balaban J connectivity index is 1.48. The number of rotatable bonds is 5. The van der Waals surface area contributed by atoms with Crippen molar-refractivity contribution in [3.05, 3.63) is 53.3 Å². The second kappa shape index (κ2) is 6.64. The summed E-state index contributed by atoms with van der Waals surface area (Å²) in [6.45, 7) is 0.585. The molecule has 0 spiro atoms. The molecule has 2 heterocycles. The molecular weight excluding hydrogens is 292 g/mol. The number of aryl methyl sites for hydroxylation is 2. The number of carbonyl (C=O) groups is 2. The lowest BCUT2D eigenvalue weighted by atomic mass is 9.95. The molecule has 0 saturated heterocycles. The average Bonchev–Trinajstić information content (AvgIpc) is 2.97. The van der Waals surface area contributed by atoms with E-state index in [4.69, 9.17) is 0 Å². The predicted molar refractivity (Wildman–Crippen MR) is 85.9 cm³/mol. The monoisotopic (exact) mass is 312 g/mol. The number of hydrogen-bond donors (Lipinski definition) is 2. The van der Waals surface area contributed by atoms with Crippen molar-refractivity contribution in [1.29, 1.82) is 0 Å². The molecule has 1 atom stereocenters. The lowest BCUT2D eigenvalue weighted by Crippen LogP contribution is -2.51. The molecule has 6 nitrogen and oxygen atoms in total. The standard InChI is InChI=1S/C17H20N4O2/c1-21-11-12(10-19-21)5-4-8-18-17(23)15-9-13-6-2-3-7-14(13)16(22)20-15/h2-3,6-7,10-11,15H,4-5,8-9H2,1H3,(H,18,23)(H,20,22)/t15-/m0/s1. The number of hydrogen-bond acceptors (Lipinski definition) is 3. The summed E-state index contributed by atoms with van der Waals surface area (Å²) in [4.78, 5) is 24.2. The van der Waals surface area contributed by atoms with Crippen molar-refractivity contribution in [3.8, 4) is 0 Å². The summed E-state index contributed by atoms with van der Waals surface area (Å²) in [5.74, 6) is -0.304. The zero-order chi connectivity index (χ0) is 16.2. The van der Waals surface area contributed by atoms with E-state index in [1.807, 2.05) is 37.6 Å². The average molecular weight is 312 g/mol. The van der Waals surface area contributed by atoms with Gasteiger partial charge in [-0.25, -0.2) is 0 Å². The molecule has 0 unspecified atom stereocenters. The molecule has 0 aliphatic carbocycles. The van der Waals surface area contributed by atoms with Crippen molar-refractivity contribution in [2.24, 2.45) is 7.05 Å². The van der Waals surface area contributed by atoms with Crippen molar-refractivity contribution in [1.82, 2.24) is 20.4 Å². The summed E-state index contributed by atoms with van der Waals surface area (Å²) in [6, 6.07) is 6.91. The Morgan fingerprint density at radius 1 is 1.43 bits per heavy atom. The van der Waals surface area contributed by atoms with Gasteiger partial charge in [-0.05, 0) is 30.0 Å². The van der Waals surface area contributed by atoms with Gasteiger partial charge >= 0.3 is 0 Å². The molecule has 2 amide bonds. The first-order chi connectivity index (χ1) is 11.1. The Morgan fingerprint density at radius 2 is 2.26 bits per heavy atom. The predicted octanol–water partition coefficient (Wildman–Crippen LogP) is 0.824. The molecule has 0 radical (unpaired) electrons. The van der Waals surface area contributed by atoms with Gasteiger partial charge in [-0.1, -0.05) is 18.2 Å². The van der Waals surface area contributed by atoms with Gasteiger partial charge in [0.05, 0.1) is 6.20 Å². The molecule has 0 fully saturated rings. The Bertz CT molecular complexity index is 723. The third-order valence-corrected chi connectivity index (χ3v) is 4.01. The molecule has 23 heavy (non-hydrogen) atoms. The highest BCUT2D eigenvalue weighted by Gasteiger charge is 2.28. The van der Waals surface area contributed by atoms with E-state index in [0.717, 1.165) is 24.0 Å². The van der Waals surface area contributed by atoms with Gasteiger partial charge in [0.2, 0.25) is 5.91 Å². The van der Waals surface area contributed by atoms with E-state index in [1.165, 1.54) is 0 Å². The first-order valence-corrected chi connectivity index (χ1v) is 7.77. The first kappa shape index (κ1) is 15.3. The maximum absolute atomic E-state index is 12.2. The summed E-state index contributed by atoms with van der Waals surface area (Å²) in [5, 5.41) is 9.79. The maximum atomic E-state index is 12.2. The SMILES string of the molecule is Cn1cc(CCCNC(=O)[C@@H]2Cc3ccccc3C(=O)N2)cn1. The van der Waals surface area contributed by atoms with Gasteiger partial charge in [-0.15, -0.1) is 0 Å². The van der Waals surface area contributed by atoms with Gasteiger partial charge in [-0.3, -0.25) is 14.3 Å². The fraction of sp³-hybridized carbons (Fsp3) is 0.353. The van der Waals surface area contributed by atoms with Crippen LogP contribution in [0.5, 0.6) is 0 Å². The highest BCUT2D eigenvalue weighted by Crippen LogP contribution is 2.16. The van der Waals surface area contributed by atoms with Crippen molar-refractivity contribution in [2.45, 2.75) is 25.3 Å². The second-order valence-corrected chi connectivity index (χ2v) is 5.80. The van der Waals surface area contributed by atoms with E-state index < -0.39 is 6.04 Å². The number of aromatic nitrogens is 2. The van der Waals surface area contributed by atoms with Crippen LogP contribution in [0.3, 0.4) is 0 Å². The molecule has 2 aromatic rings. The van der Waals surface area contributed by atoms with Crippen molar-refractivity contribution < 1.29 is 9.59 Å². The third kappa shape index (κ3) is 3.59. The highest BCUT2D eigenvalue weighted by molar-refractivity contribution is 6.00. The van der Waals surface area contributed by atoms with Crippen LogP contribution in [0.4, 0.5) is 0 Å². The lowest BCUT2D eigenvalue weighted by molar-refractivity contribution is -0.123. The van der Waals surface area contributed by atoms with Crippen LogP contribution < -0.4 is 10.6 Å². The topological polar surface area (TPSA) is 76.0 Å². The maximum Gasteiger partial charge on any atom is 0.252 e. The van der Waals surface area contributed by atoms with Crippen LogP contribution in [0.15, 0.2) is 36.7 Å². The molecular formula is C17H20N4O2. The van der Waals surface area contributed by atoms with Crippen LogP contribution >= 0.6 is 0 Å². The van der Waals surface area contributed by atoms with Crippen LogP contribution in [0.1, 0.15) is 27.9 Å². The molecule has 1 aliphatic heterocycles. The molecule has 1 aromatic carbocycles. The van der Waals surface area contributed by atoms with Crippen LogP contribution in [0.25, 0.3) is 0 Å². The van der Waals surface area contributed by atoms with E-state index in [0.29, 0.717) is 18.5 Å². The Kier molecular flexibility index (Phi) is 4.41. The summed E-state index contributed by atoms with van der Waals surface area (Å²) in [7, 11) is 1.88. The molecule has 2 N–H and O–H groups in total. The molecule has 3 rings (SSSR count). The van der Waals surface area contributed by atoms with Crippen LogP contribution in [-0.4, -0.2) is 34.2 Å². The fourth-order valence-electron chi connectivity index (χ4n) is 2.81. The van der Waals surface area contributed by atoms with Gasteiger partial charge in [-0.2, -0.15) is 5.10 Å².